The van der Waals surface area contributed by atoms with Gasteiger partial charge in [0.1, 0.15) is 5.75 Å². The molecule has 0 unspecified atom stereocenters. The number of amides is 1. The van der Waals surface area contributed by atoms with E-state index in [2.05, 4.69) is 26.2 Å². The molecule has 1 aromatic heterocycles. The molecule has 0 atom stereocenters. The summed E-state index contributed by atoms with van der Waals surface area (Å²) in [5, 5.41) is 5.29. The normalized spacial score (nSPS) is 10.8. The van der Waals surface area contributed by atoms with E-state index in [0.29, 0.717) is 11.7 Å². The lowest BCUT2D eigenvalue weighted by Gasteiger charge is -2.06. The Morgan fingerprint density at radius 2 is 2.00 bits per heavy atom. The van der Waals surface area contributed by atoms with E-state index in [9.17, 15) is 4.79 Å². The van der Waals surface area contributed by atoms with Gasteiger partial charge in [0.05, 0.1) is 12.3 Å². The second kappa shape index (κ2) is 8.78. The molecule has 132 valence electrons. The van der Waals surface area contributed by atoms with Crippen LogP contribution in [0, 0.1) is 0 Å². The van der Waals surface area contributed by atoms with Crippen LogP contribution in [0.2, 0.25) is 0 Å². The highest BCUT2D eigenvalue weighted by molar-refractivity contribution is 9.10. The number of hydrogen-bond donors (Lipinski definition) is 1. The zero-order chi connectivity index (χ0) is 18.4. The van der Waals surface area contributed by atoms with Crippen molar-refractivity contribution < 1.29 is 9.53 Å². The van der Waals surface area contributed by atoms with Gasteiger partial charge in [-0.05, 0) is 31.2 Å². The van der Waals surface area contributed by atoms with E-state index in [0.717, 1.165) is 27.0 Å². The lowest BCUT2D eigenvalue weighted by atomic mass is 10.2. The third-order valence-electron chi connectivity index (χ3n) is 3.51. The number of para-hydroxylation sites is 1. The van der Waals surface area contributed by atoms with Gasteiger partial charge in [0.15, 0.2) is 5.13 Å². The highest BCUT2D eigenvalue weighted by Crippen LogP contribution is 2.26. The molecule has 6 heteroatoms. The highest BCUT2D eigenvalue weighted by Gasteiger charge is 2.07. The van der Waals surface area contributed by atoms with Crippen LogP contribution in [0.5, 0.6) is 5.75 Å². The smallest absolute Gasteiger partial charge is 0.250 e. The summed E-state index contributed by atoms with van der Waals surface area (Å²) in [7, 11) is 0. The van der Waals surface area contributed by atoms with E-state index in [-0.39, 0.29) is 5.91 Å². The van der Waals surface area contributed by atoms with Crippen LogP contribution >= 0.6 is 27.3 Å². The van der Waals surface area contributed by atoms with Crippen LogP contribution in [0.1, 0.15) is 12.5 Å². The van der Waals surface area contributed by atoms with Gasteiger partial charge < -0.3 is 4.74 Å². The third-order valence-corrected chi connectivity index (χ3v) is 4.79. The molecule has 0 aliphatic rings. The number of halogens is 1. The Kier molecular flexibility index (Phi) is 6.20. The van der Waals surface area contributed by atoms with E-state index in [1.54, 1.807) is 6.08 Å². The first-order chi connectivity index (χ1) is 12.7. The first-order valence-electron chi connectivity index (χ1n) is 8.08. The second-order valence-corrected chi connectivity index (χ2v) is 7.11. The van der Waals surface area contributed by atoms with Crippen molar-refractivity contribution in [3.05, 3.63) is 70.0 Å². The molecule has 4 nitrogen and oxygen atoms in total. The lowest BCUT2D eigenvalue weighted by molar-refractivity contribution is -0.111. The number of aromatic nitrogens is 1. The van der Waals surface area contributed by atoms with E-state index in [1.165, 1.54) is 17.4 Å². The fraction of sp³-hybridized carbons (Fsp3) is 0.100. The Balaban J connectivity index is 1.66. The Morgan fingerprint density at radius 3 is 2.77 bits per heavy atom. The number of anilines is 1. The molecule has 0 bridgehead atoms. The molecule has 1 heterocycles. The second-order valence-electron chi connectivity index (χ2n) is 5.34. The standard InChI is InChI=1S/C20H17BrN2O2S/c1-2-25-18-6-4-3-5-15(18)9-12-19(24)23-20-22-17(13-26-20)14-7-10-16(21)11-8-14/h3-13H,2H2,1H3,(H,22,23,24). The number of hydrogen-bond acceptors (Lipinski definition) is 4. The average Bonchev–Trinajstić information content (AvgIpc) is 3.10. The van der Waals surface area contributed by atoms with Gasteiger partial charge in [0.2, 0.25) is 5.91 Å². The van der Waals surface area contributed by atoms with E-state index >= 15 is 0 Å². The van der Waals surface area contributed by atoms with Gasteiger partial charge in [-0.2, -0.15) is 0 Å². The predicted molar refractivity (Wildman–Crippen MR) is 111 cm³/mol. The van der Waals surface area contributed by atoms with Gasteiger partial charge in [-0.25, -0.2) is 4.98 Å². The number of carbonyl (C=O) groups is 1. The topological polar surface area (TPSA) is 51.2 Å². The van der Waals surface area contributed by atoms with Gasteiger partial charge in [-0.15, -0.1) is 11.3 Å². The van der Waals surface area contributed by atoms with Crippen molar-refractivity contribution in [2.24, 2.45) is 0 Å². The van der Waals surface area contributed by atoms with Gasteiger partial charge in [0, 0.05) is 27.1 Å². The third kappa shape index (κ3) is 4.80. The van der Waals surface area contributed by atoms with Crippen LogP contribution in [-0.4, -0.2) is 17.5 Å². The summed E-state index contributed by atoms with van der Waals surface area (Å²) in [6, 6.07) is 15.5. The van der Waals surface area contributed by atoms with Crippen molar-refractivity contribution in [3.8, 4) is 17.0 Å². The largest absolute Gasteiger partial charge is 0.493 e. The maximum absolute atomic E-state index is 12.2. The van der Waals surface area contributed by atoms with Crippen molar-refractivity contribution >= 4 is 44.4 Å². The molecule has 0 fully saturated rings. The first kappa shape index (κ1) is 18.4. The van der Waals surface area contributed by atoms with Crippen LogP contribution in [0.25, 0.3) is 17.3 Å². The Labute approximate surface area is 164 Å². The van der Waals surface area contributed by atoms with E-state index in [4.69, 9.17) is 4.74 Å². The summed E-state index contributed by atoms with van der Waals surface area (Å²) in [5.74, 6) is 0.527. The number of carbonyl (C=O) groups excluding carboxylic acids is 1. The predicted octanol–water partition coefficient (Wildman–Crippen LogP) is 5.62. The SMILES string of the molecule is CCOc1ccccc1C=CC(=O)Nc1nc(-c2ccc(Br)cc2)cs1. The molecule has 0 aliphatic heterocycles. The first-order valence-corrected chi connectivity index (χ1v) is 9.75. The Bertz CT molecular complexity index is 920. The molecule has 1 amide bonds. The van der Waals surface area contributed by atoms with Crippen molar-refractivity contribution in [1.82, 2.24) is 4.98 Å². The molecule has 0 spiro atoms. The Morgan fingerprint density at radius 1 is 1.23 bits per heavy atom. The molecule has 0 radical (unpaired) electrons. The molecule has 0 aliphatic carbocycles. The number of nitrogens with zero attached hydrogens (tertiary/aromatic N) is 1. The Hall–Kier alpha value is -2.44. The van der Waals surface area contributed by atoms with Crippen molar-refractivity contribution in [2.45, 2.75) is 6.92 Å². The molecule has 1 N–H and O–H groups in total. The van der Waals surface area contributed by atoms with E-state index in [1.807, 2.05) is 60.8 Å². The maximum atomic E-state index is 12.2. The molecular formula is C20H17BrN2O2S. The van der Waals surface area contributed by atoms with Crippen molar-refractivity contribution in [3.63, 3.8) is 0 Å². The van der Waals surface area contributed by atoms with E-state index < -0.39 is 0 Å². The molecule has 3 aromatic rings. The minimum Gasteiger partial charge on any atom is -0.493 e. The lowest BCUT2D eigenvalue weighted by Crippen LogP contribution is -2.07. The number of rotatable bonds is 6. The summed E-state index contributed by atoms with van der Waals surface area (Å²) in [6.07, 6.45) is 3.22. The fourth-order valence-electron chi connectivity index (χ4n) is 2.30. The monoisotopic (exact) mass is 428 g/mol. The number of ether oxygens (including phenoxy) is 1. The molecule has 0 saturated carbocycles. The number of nitrogens with one attached hydrogen (secondary N) is 1. The minimum atomic E-state index is -0.229. The van der Waals surface area contributed by atoms with Gasteiger partial charge in [-0.3, -0.25) is 10.1 Å². The summed E-state index contributed by atoms with van der Waals surface area (Å²) in [6.45, 7) is 2.51. The average molecular weight is 429 g/mol. The molecular weight excluding hydrogens is 412 g/mol. The summed E-state index contributed by atoms with van der Waals surface area (Å²) >= 11 is 4.81. The summed E-state index contributed by atoms with van der Waals surface area (Å²) < 4.78 is 6.57. The zero-order valence-corrected chi connectivity index (χ0v) is 16.5. The number of benzene rings is 2. The molecule has 26 heavy (non-hydrogen) atoms. The summed E-state index contributed by atoms with van der Waals surface area (Å²) in [5.41, 5.74) is 2.70. The molecule has 2 aromatic carbocycles. The molecule has 0 saturated heterocycles. The van der Waals surface area contributed by atoms with Crippen LogP contribution in [0.3, 0.4) is 0 Å². The van der Waals surface area contributed by atoms with Crippen molar-refractivity contribution in [2.75, 3.05) is 11.9 Å². The minimum absolute atomic E-state index is 0.229. The quantitative estimate of drug-likeness (QED) is 0.518. The van der Waals surface area contributed by atoms with Gasteiger partial charge >= 0.3 is 0 Å². The van der Waals surface area contributed by atoms with Crippen LogP contribution in [0.4, 0.5) is 5.13 Å². The van der Waals surface area contributed by atoms with Gasteiger partial charge in [0.25, 0.3) is 0 Å². The fourth-order valence-corrected chi connectivity index (χ4v) is 3.29. The molecule has 3 rings (SSSR count). The van der Waals surface area contributed by atoms with Gasteiger partial charge in [-0.1, -0.05) is 46.3 Å². The summed E-state index contributed by atoms with van der Waals surface area (Å²) in [4.78, 5) is 16.6. The highest BCUT2D eigenvalue weighted by atomic mass is 79.9. The van der Waals surface area contributed by atoms with Crippen LogP contribution in [-0.2, 0) is 4.79 Å². The van der Waals surface area contributed by atoms with Crippen LogP contribution < -0.4 is 10.1 Å². The maximum Gasteiger partial charge on any atom is 0.250 e. The van der Waals surface area contributed by atoms with Crippen molar-refractivity contribution in [1.29, 1.82) is 0 Å². The van der Waals surface area contributed by atoms with Crippen LogP contribution in [0.15, 0.2) is 64.5 Å². The number of thiazole rings is 1. The zero-order valence-electron chi connectivity index (χ0n) is 14.1.